The van der Waals surface area contributed by atoms with Crippen LogP contribution in [0.25, 0.3) is 11.4 Å². The van der Waals surface area contributed by atoms with Gasteiger partial charge in [0.15, 0.2) is 0 Å². The van der Waals surface area contributed by atoms with Gasteiger partial charge in [-0.05, 0) is 31.6 Å². The van der Waals surface area contributed by atoms with Crippen molar-refractivity contribution >= 4 is 0 Å². The molecule has 2 aromatic heterocycles. The number of hydrogen-bond acceptors (Lipinski definition) is 2. The molecule has 0 saturated carbocycles. The molecule has 3 rings (SSSR count). The molecular formula is C14H20N4. The fourth-order valence-electron chi connectivity index (χ4n) is 2.67. The van der Waals surface area contributed by atoms with Crippen molar-refractivity contribution in [3.05, 3.63) is 23.3 Å². The number of aryl methyl sites for hydroxylation is 1. The molecule has 0 saturated heterocycles. The van der Waals surface area contributed by atoms with E-state index in [1.165, 1.54) is 11.4 Å². The first-order chi connectivity index (χ1) is 8.56. The average molecular weight is 244 g/mol. The third-order valence-corrected chi connectivity index (χ3v) is 4.37. The summed E-state index contributed by atoms with van der Waals surface area (Å²) in [5, 5.41) is 4.29. The standard InChI is InChI=1S/C14H20N4/c1-8-5-12-13(6-9(8)2)17-14(16-12)11-7-15-18(4)10(11)3/h7-9H,5-6H2,1-4H3,(H,16,17). The first-order valence-electron chi connectivity index (χ1n) is 6.63. The van der Waals surface area contributed by atoms with E-state index in [-0.39, 0.29) is 0 Å². The molecule has 4 nitrogen and oxygen atoms in total. The van der Waals surface area contributed by atoms with Crippen LogP contribution in [0.5, 0.6) is 0 Å². The molecule has 0 spiro atoms. The number of rotatable bonds is 1. The minimum Gasteiger partial charge on any atom is -0.342 e. The average Bonchev–Trinajstić information content (AvgIpc) is 2.85. The van der Waals surface area contributed by atoms with E-state index in [2.05, 4.69) is 30.9 Å². The molecule has 2 heterocycles. The summed E-state index contributed by atoms with van der Waals surface area (Å²) in [6.45, 7) is 6.72. The molecule has 0 aliphatic heterocycles. The Morgan fingerprint density at radius 3 is 2.67 bits per heavy atom. The van der Waals surface area contributed by atoms with Crippen LogP contribution in [0, 0.1) is 18.8 Å². The second-order valence-corrected chi connectivity index (χ2v) is 5.64. The van der Waals surface area contributed by atoms with Crippen molar-refractivity contribution in [2.45, 2.75) is 33.6 Å². The molecule has 0 fully saturated rings. The number of aromatic nitrogens is 4. The van der Waals surface area contributed by atoms with Gasteiger partial charge in [-0.2, -0.15) is 5.10 Å². The zero-order valence-electron chi connectivity index (χ0n) is 11.5. The quantitative estimate of drug-likeness (QED) is 0.837. The highest BCUT2D eigenvalue weighted by Crippen LogP contribution is 2.31. The van der Waals surface area contributed by atoms with Crippen molar-refractivity contribution in [3.8, 4) is 11.4 Å². The summed E-state index contributed by atoms with van der Waals surface area (Å²) in [5.41, 5.74) is 4.84. The molecule has 4 heteroatoms. The highest BCUT2D eigenvalue weighted by Gasteiger charge is 2.25. The highest BCUT2D eigenvalue weighted by atomic mass is 15.3. The van der Waals surface area contributed by atoms with Gasteiger partial charge in [-0.3, -0.25) is 4.68 Å². The van der Waals surface area contributed by atoms with Crippen molar-refractivity contribution in [1.82, 2.24) is 19.7 Å². The molecule has 1 N–H and O–H groups in total. The SMILES string of the molecule is Cc1c(-c2nc3c([nH]2)CC(C)C(C)C3)cnn1C. The molecule has 0 aromatic carbocycles. The Morgan fingerprint density at radius 2 is 2.00 bits per heavy atom. The minimum absolute atomic E-state index is 0.726. The van der Waals surface area contributed by atoms with Crippen molar-refractivity contribution in [2.75, 3.05) is 0 Å². The molecule has 0 radical (unpaired) electrons. The summed E-state index contributed by atoms with van der Waals surface area (Å²) >= 11 is 0. The monoisotopic (exact) mass is 244 g/mol. The smallest absolute Gasteiger partial charge is 0.141 e. The van der Waals surface area contributed by atoms with Gasteiger partial charge in [-0.1, -0.05) is 13.8 Å². The molecule has 18 heavy (non-hydrogen) atoms. The van der Waals surface area contributed by atoms with E-state index in [4.69, 9.17) is 4.98 Å². The van der Waals surface area contributed by atoms with Gasteiger partial charge in [0.1, 0.15) is 5.82 Å². The van der Waals surface area contributed by atoms with Gasteiger partial charge in [0, 0.05) is 18.4 Å². The Morgan fingerprint density at radius 1 is 1.28 bits per heavy atom. The van der Waals surface area contributed by atoms with Crippen LogP contribution in [0.15, 0.2) is 6.20 Å². The molecular weight excluding hydrogens is 224 g/mol. The Balaban J connectivity index is 2.01. The Labute approximate surface area is 107 Å². The minimum atomic E-state index is 0.726. The van der Waals surface area contributed by atoms with Crippen LogP contribution in [0.2, 0.25) is 0 Å². The third-order valence-electron chi connectivity index (χ3n) is 4.37. The van der Waals surface area contributed by atoms with E-state index < -0.39 is 0 Å². The molecule has 0 bridgehead atoms. The highest BCUT2D eigenvalue weighted by molar-refractivity contribution is 5.58. The van der Waals surface area contributed by atoms with Crippen LogP contribution >= 0.6 is 0 Å². The van der Waals surface area contributed by atoms with E-state index in [0.29, 0.717) is 0 Å². The van der Waals surface area contributed by atoms with Crippen molar-refractivity contribution in [1.29, 1.82) is 0 Å². The number of nitrogens with one attached hydrogen (secondary N) is 1. The van der Waals surface area contributed by atoms with Crippen molar-refractivity contribution in [2.24, 2.45) is 18.9 Å². The van der Waals surface area contributed by atoms with Gasteiger partial charge in [-0.25, -0.2) is 4.98 Å². The Bertz CT molecular complexity index is 551. The van der Waals surface area contributed by atoms with Gasteiger partial charge in [0.2, 0.25) is 0 Å². The van der Waals surface area contributed by atoms with Crippen LogP contribution in [0.4, 0.5) is 0 Å². The predicted octanol–water partition coefficient (Wildman–Crippen LogP) is 2.49. The lowest BCUT2D eigenvalue weighted by atomic mass is 9.82. The first kappa shape index (κ1) is 11.5. The van der Waals surface area contributed by atoms with E-state index >= 15 is 0 Å². The summed E-state index contributed by atoms with van der Waals surface area (Å²) < 4.78 is 1.89. The lowest BCUT2D eigenvalue weighted by Gasteiger charge is -2.24. The number of fused-ring (bicyclic) bond motifs is 1. The number of imidazole rings is 1. The largest absolute Gasteiger partial charge is 0.342 e. The van der Waals surface area contributed by atoms with Gasteiger partial charge < -0.3 is 4.98 Å². The second kappa shape index (κ2) is 3.97. The lowest BCUT2D eigenvalue weighted by molar-refractivity contribution is 0.355. The normalized spacial score (nSPS) is 23.1. The third kappa shape index (κ3) is 1.67. The molecule has 2 aromatic rings. The van der Waals surface area contributed by atoms with Gasteiger partial charge >= 0.3 is 0 Å². The Kier molecular flexibility index (Phi) is 2.54. The summed E-state index contributed by atoms with van der Waals surface area (Å²) in [7, 11) is 1.96. The van der Waals surface area contributed by atoms with Crippen LogP contribution in [0.1, 0.15) is 30.9 Å². The fraction of sp³-hybridized carbons (Fsp3) is 0.571. The molecule has 1 aliphatic rings. The van der Waals surface area contributed by atoms with Crippen LogP contribution in [-0.4, -0.2) is 19.7 Å². The van der Waals surface area contributed by atoms with Crippen LogP contribution < -0.4 is 0 Å². The van der Waals surface area contributed by atoms with Crippen LogP contribution in [0.3, 0.4) is 0 Å². The maximum atomic E-state index is 4.77. The lowest BCUT2D eigenvalue weighted by Crippen LogP contribution is -2.20. The molecule has 1 aliphatic carbocycles. The first-order valence-corrected chi connectivity index (χ1v) is 6.63. The van der Waals surface area contributed by atoms with Gasteiger partial charge in [0.05, 0.1) is 17.5 Å². The second-order valence-electron chi connectivity index (χ2n) is 5.64. The zero-order chi connectivity index (χ0) is 12.9. The maximum absolute atomic E-state index is 4.77. The van der Waals surface area contributed by atoms with E-state index in [1.807, 2.05) is 17.9 Å². The predicted molar refractivity (Wildman–Crippen MR) is 71.3 cm³/mol. The molecule has 2 atom stereocenters. The molecule has 96 valence electrons. The number of H-pyrrole nitrogens is 1. The molecule has 2 unspecified atom stereocenters. The van der Waals surface area contributed by atoms with Gasteiger partial charge in [-0.15, -0.1) is 0 Å². The van der Waals surface area contributed by atoms with E-state index in [0.717, 1.165) is 41.8 Å². The van der Waals surface area contributed by atoms with Gasteiger partial charge in [0.25, 0.3) is 0 Å². The van der Waals surface area contributed by atoms with E-state index in [1.54, 1.807) is 0 Å². The summed E-state index contributed by atoms with van der Waals surface area (Å²) in [6, 6.07) is 0. The van der Waals surface area contributed by atoms with Crippen molar-refractivity contribution < 1.29 is 0 Å². The van der Waals surface area contributed by atoms with E-state index in [9.17, 15) is 0 Å². The summed E-state index contributed by atoms with van der Waals surface area (Å²) in [5.74, 6) is 2.44. The topological polar surface area (TPSA) is 46.5 Å². The number of hydrogen-bond donors (Lipinski definition) is 1. The van der Waals surface area contributed by atoms with Crippen molar-refractivity contribution in [3.63, 3.8) is 0 Å². The maximum Gasteiger partial charge on any atom is 0.141 e. The number of nitrogens with zero attached hydrogens (tertiary/aromatic N) is 3. The summed E-state index contributed by atoms with van der Waals surface area (Å²) in [6.07, 6.45) is 4.10. The van der Waals surface area contributed by atoms with Crippen LogP contribution in [-0.2, 0) is 19.9 Å². The Hall–Kier alpha value is -1.58. The summed E-state index contributed by atoms with van der Waals surface area (Å²) in [4.78, 5) is 8.26. The molecule has 0 amide bonds. The fourth-order valence-corrected chi connectivity index (χ4v) is 2.67. The zero-order valence-corrected chi connectivity index (χ0v) is 11.5. The number of aromatic amines is 1.